The number of aliphatic hydroxyl groups is 1. The number of likely N-dealkylation sites (tertiary alicyclic amines) is 1. The lowest BCUT2D eigenvalue weighted by Gasteiger charge is -2.63. The van der Waals surface area contributed by atoms with Gasteiger partial charge >= 0.3 is 0 Å². The Kier molecular flexibility index (Phi) is 6.93. The van der Waals surface area contributed by atoms with Gasteiger partial charge in [0.2, 0.25) is 5.91 Å². The number of piperidine rings is 1. The molecule has 1 amide bonds. The van der Waals surface area contributed by atoms with E-state index in [1.165, 1.54) is 6.42 Å². The van der Waals surface area contributed by atoms with E-state index in [1.54, 1.807) is 0 Å². The Morgan fingerprint density at radius 3 is 2.62 bits per heavy atom. The molecular formula is C28H41NO5. The number of aliphatic hydroxyl groups excluding tert-OH is 1. The van der Waals surface area contributed by atoms with Crippen LogP contribution in [0, 0.1) is 22.7 Å². The predicted molar refractivity (Wildman–Crippen MR) is 129 cm³/mol. The molecule has 4 fully saturated rings. The average molecular weight is 472 g/mol. The fourth-order valence-electron chi connectivity index (χ4n) is 7.52. The predicted octanol–water partition coefficient (Wildman–Crippen LogP) is 4.40. The van der Waals surface area contributed by atoms with Crippen molar-refractivity contribution in [1.82, 2.24) is 4.90 Å². The van der Waals surface area contributed by atoms with Crippen molar-refractivity contribution in [3.05, 3.63) is 30.3 Å². The van der Waals surface area contributed by atoms with E-state index in [4.69, 9.17) is 14.2 Å². The summed E-state index contributed by atoms with van der Waals surface area (Å²) in [5.41, 5.74) is -0.211. The minimum Gasteiger partial charge on any atom is -0.488 e. The first-order valence-electron chi connectivity index (χ1n) is 13.3. The van der Waals surface area contributed by atoms with Gasteiger partial charge in [-0.25, -0.2) is 0 Å². The summed E-state index contributed by atoms with van der Waals surface area (Å²) in [6.07, 6.45) is 6.81. The van der Waals surface area contributed by atoms with Gasteiger partial charge in [0.1, 0.15) is 12.4 Å². The van der Waals surface area contributed by atoms with Crippen LogP contribution in [0.25, 0.3) is 0 Å². The summed E-state index contributed by atoms with van der Waals surface area (Å²) in [4.78, 5) is 15.2. The number of para-hydroxylation sites is 1. The third-order valence-corrected chi connectivity index (χ3v) is 9.46. The molecule has 2 heterocycles. The molecule has 1 unspecified atom stereocenters. The van der Waals surface area contributed by atoms with E-state index in [2.05, 4.69) is 13.8 Å². The highest BCUT2D eigenvalue weighted by Gasteiger charge is 2.61. The van der Waals surface area contributed by atoms with Crippen LogP contribution in [-0.2, 0) is 14.3 Å². The van der Waals surface area contributed by atoms with E-state index in [0.717, 1.165) is 57.4 Å². The summed E-state index contributed by atoms with van der Waals surface area (Å²) in [6, 6.07) is 9.77. The Morgan fingerprint density at radius 1 is 1.09 bits per heavy atom. The number of carbonyl (C=O) groups is 1. The SMILES string of the molecule is C[C@@]12CO[C@@H](COc3ccccc3)O[C@@H]1CC[C@]1(C)C2CC[C@@H](O)[C@H]1CC(=O)N1CCCCC1. The molecular weight excluding hydrogens is 430 g/mol. The Morgan fingerprint density at radius 2 is 1.85 bits per heavy atom. The van der Waals surface area contributed by atoms with Crippen LogP contribution in [0.15, 0.2) is 30.3 Å². The van der Waals surface area contributed by atoms with Gasteiger partial charge in [-0.15, -0.1) is 0 Å². The van der Waals surface area contributed by atoms with E-state index < -0.39 is 6.10 Å². The van der Waals surface area contributed by atoms with Gasteiger partial charge in [0.05, 0.1) is 18.8 Å². The normalized spacial score (nSPS) is 40.2. The van der Waals surface area contributed by atoms with Crippen molar-refractivity contribution < 1.29 is 24.1 Å². The molecule has 0 aromatic heterocycles. The second-order valence-corrected chi connectivity index (χ2v) is 11.5. The number of rotatable bonds is 5. The molecule has 4 aliphatic rings. The standard InChI is InChI=1S/C28H41NO5/c1-27-14-13-24-28(2,19-33-26(34-24)18-32-20-9-5-3-6-10-20)23(27)12-11-22(30)21(27)17-25(31)29-15-7-4-8-16-29/h3,5-6,9-10,21-24,26,30H,4,7-8,11-19H2,1-2H3/t21-,22-,23?,24-,26-,27+,28+/m1/s1. The molecule has 0 bridgehead atoms. The van der Waals surface area contributed by atoms with Crippen molar-refractivity contribution in [1.29, 1.82) is 0 Å². The Bertz CT molecular complexity index is 842. The lowest BCUT2D eigenvalue weighted by atomic mass is 9.46. The molecule has 2 aliphatic heterocycles. The summed E-state index contributed by atoms with van der Waals surface area (Å²) in [6.45, 7) is 7.37. The van der Waals surface area contributed by atoms with Crippen LogP contribution in [0.4, 0.5) is 0 Å². The number of fused-ring (bicyclic) bond motifs is 3. The zero-order valence-corrected chi connectivity index (χ0v) is 20.8. The van der Waals surface area contributed by atoms with Crippen LogP contribution >= 0.6 is 0 Å². The quantitative estimate of drug-likeness (QED) is 0.689. The number of ether oxygens (including phenoxy) is 3. The van der Waals surface area contributed by atoms with Crippen LogP contribution in [0.3, 0.4) is 0 Å². The molecule has 1 N–H and O–H groups in total. The van der Waals surface area contributed by atoms with E-state index in [0.29, 0.717) is 25.6 Å². The summed E-state index contributed by atoms with van der Waals surface area (Å²) < 4.78 is 18.6. The third-order valence-electron chi connectivity index (χ3n) is 9.46. The van der Waals surface area contributed by atoms with Crippen LogP contribution in [-0.4, -0.2) is 60.7 Å². The van der Waals surface area contributed by atoms with Gasteiger partial charge in [-0.1, -0.05) is 32.0 Å². The van der Waals surface area contributed by atoms with Gasteiger partial charge in [-0.2, -0.15) is 0 Å². The Labute approximate surface area is 203 Å². The zero-order valence-electron chi connectivity index (χ0n) is 20.8. The molecule has 6 nitrogen and oxygen atoms in total. The van der Waals surface area contributed by atoms with Crippen molar-refractivity contribution in [2.45, 2.75) is 83.7 Å². The number of hydrogen-bond acceptors (Lipinski definition) is 5. The third kappa shape index (κ3) is 4.49. The first kappa shape index (κ1) is 24.1. The number of amides is 1. The molecule has 0 radical (unpaired) electrons. The van der Waals surface area contributed by atoms with Crippen LogP contribution in [0.1, 0.15) is 65.2 Å². The maximum Gasteiger partial charge on any atom is 0.222 e. The highest BCUT2D eigenvalue weighted by atomic mass is 16.7. The van der Waals surface area contributed by atoms with E-state index in [9.17, 15) is 9.90 Å². The Hall–Kier alpha value is -1.63. The largest absolute Gasteiger partial charge is 0.488 e. The summed E-state index contributed by atoms with van der Waals surface area (Å²) >= 11 is 0. The fourth-order valence-corrected chi connectivity index (χ4v) is 7.52. The topological polar surface area (TPSA) is 68.2 Å². The molecule has 2 saturated heterocycles. The second-order valence-electron chi connectivity index (χ2n) is 11.5. The van der Waals surface area contributed by atoms with E-state index >= 15 is 0 Å². The molecule has 7 atom stereocenters. The minimum absolute atomic E-state index is 0.00223. The fraction of sp³-hybridized carbons (Fsp3) is 0.750. The molecule has 188 valence electrons. The lowest BCUT2D eigenvalue weighted by molar-refractivity contribution is -0.313. The van der Waals surface area contributed by atoms with Crippen molar-refractivity contribution >= 4 is 5.91 Å². The molecule has 2 saturated carbocycles. The van der Waals surface area contributed by atoms with Gasteiger partial charge in [0.25, 0.3) is 0 Å². The van der Waals surface area contributed by atoms with Gasteiger partial charge in [-0.3, -0.25) is 4.79 Å². The first-order chi connectivity index (χ1) is 16.4. The summed E-state index contributed by atoms with van der Waals surface area (Å²) in [5.74, 6) is 1.41. The highest BCUT2D eigenvalue weighted by Crippen LogP contribution is 2.62. The molecule has 0 spiro atoms. The molecule has 1 aromatic carbocycles. The smallest absolute Gasteiger partial charge is 0.222 e. The van der Waals surface area contributed by atoms with Gasteiger partial charge < -0.3 is 24.2 Å². The summed E-state index contributed by atoms with van der Waals surface area (Å²) in [7, 11) is 0. The van der Waals surface area contributed by atoms with Crippen LogP contribution in [0.5, 0.6) is 5.75 Å². The van der Waals surface area contributed by atoms with Crippen molar-refractivity contribution in [2.75, 3.05) is 26.3 Å². The second kappa shape index (κ2) is 9.79. The van der Waals surface area contributed by atoms with Crippen LogP contribution < -0.4 is 4.74 Å². The number of hydrogen-bond donors (Lipinski definition) is 1. The van der Waals surface area contributed by atoms with Crippen LogP contribution in [0.2, 0.25) is 0 Å². The first-order valence-corrected chi connectivity index (χ1v) is 13.3. The van der Waals surface area contributed by atoms with Gasteiger partial charge in [-0.05, 0) is 74.3 Å². The lowest BCUT2D eigenvalue weighted by Crippen LogP contribution is -2.63. The molecule has 2 aliphatic carbocycles. The molecule has 5 rings (SSSR count). The van der Waals surface area contributed by atoms with Gasteiger partial charge in [0, 0.05) is 24.9 Å². The maximum absolute atomic E-state index is 13.2. The maximum atomic E-state index is 13.2. The zero-order chi connectivity index (χ0) is 23.8. The molecule has 34 heavy (non-hydrogen) atoms. The Balaban J connectivity index is 1.26. The summed E-state index contributed by atoms with van der Waals surface area (Å²) in [5, 5.41) is 11.1. The highest BCUT2D eigenvalue weighted by molar-refractivity contribution is 5.76. The monoisotopic (exact) mass is 471 g/mol. The van der Waals surface area contributed by atoms with Gasteiger partial charge in [0.15, 0.2) is 6.29 Å². The molecule has 6 heteroatoms. The van der Waals surface area contributed by atoms with E-state index in [1.807, 2.05) is 35.2 Å². The average Bonchev–Trinajstić information content (AvgIpc) is 2.86. The minimum atomic E-state index is -0.410. The van der Waals surface area contributed by atoms with Crippen molar-refractivity contribution in [2.24, 2.45) is 22.7 Å². The molecule has 1 aromatic rings. The number of carbonyl (C=O) groups excluding carboxylic acids is 1. The number of nitrogens with zero attached hydrogens (tertiary/aromatic N) is 1. The van der Waals surface area contributed by atoms with Crippen molar-refractivity contribution in [3.8, 4) is 5.75 Å². The van der Waals surface area contributed by atoms with E-state index in [-0.39, 0.29) is 35.0 Å². The van der Waals surface area contributed by atoms with Crippen molar-refractivity contribution in [3.63, 3.8) is 0 Å². The number of benzene rings is 1.